The van der Waals surface area contributed by atoms with Crippen molar-refractivity contribution in [3.8, 4) is 0 Å². The van der Waals surface area contributed by atoms with E-state index in [4.69, 9.17) is 0 Å². The zero-order valence-corrected chi connectivity index (χ0v) is 10.6. The van der Waals surface area contributed by atoms with Gasteiger partial charge in [-0.15, -0.1) is 0 Å². The van der Waals surface area contributed by atoms with Crippen LogP contribution in [0.5, 0.6) is 0 Å². The molecular formula is C15H15FN2O. The van der Waals surface area contributed by atoms with E-state index in [9.17, 15) is 9.18 Å². The van der Waals surface area contributed by atoms with E-state index in [2.05, 4.69) is 4.98 Å². The summed E-state index contributed by atoms with van der Waals surface area (Å²) >= 11 is 0. The van der Waals surface area contributed by atoms with Gasteiger partial charge in [-0.2, -0.15) is 0 Å². The number of halogens is 1. The SMILES string of the molecule is O=C(c1ccc2ncccc2c1)N1CCC(CF)C1. The molecule has 0 N–H and O–H groups in total. The van der Waals surface area contributed by atoms with Crippen LogP contribution in [0.3, 0.4) is 0 Å². The van der Waals surface area contributed by atoms with Crippen molar-refractivity contribution in [2.75, 3.05) is 19.8 Å². The summed E-state index contributed by atoms with van der Waals surface area (Å²) in [5, 5.41) is 0.953. The van der Waals surface area contributed by atoms with Crippen LogP contribution in [-0.2, 0) is 0 Å². The van der Waals surface area contributed by atoms with Gasteiger partial charge in [0.1, 0.15) is 0 Å². The number of rotatable bonds is 2. The normalized spacial score (nSPS) is 19.0. The Morgan fingerprint density at radius 2 is 2.32 bits per heavy atom. The van der Waals surface area contributed by atoms with Crippen molar-refractivity contribution in [2.24, 2.45) is 5.92 Å². The number of pyridine rings is 1. The number of nitrogens with zero attached hydrogens (tertiary/aromatic N) is 2. The van der Waals surface area contributed by atoms with Crippen molar-refractivity contribution in [3.63, 3.8) is 0 Å². The van der Waals surface area contributed by atoms with Crippen molar-refractivity contribution in [2.45, 2.75) is 6.42 Å². The van der Waals surface area contributed by atoms with Crippen LogP contribution in [0.2, 0.25) is 0 Å². The van der Waals surface area contributed by atoms with Gasteiger partial charge in [-0.1, -0.05) is 6.07 Å². The summed E-state index contributed by atoms with van der Waals surface area (Å²) in [6.45, 7) is 0.838. The molecule has 1 aromatic heterocycles. The van der Waals surface area contributed by atoms with E-state index in [1.807, 2.05) is 24.3 Å². The summed E-state index contributed by atoms with van der Waals surface area (Å²) < 4.78 is 12.6. The second-order valence-electron chi connectivity index (χ2n) is 4.97. The van der Waals surface area contributed by atoms with Crippen LogP contribution in [0.25, 0.3) is 10.9 Å². The van der Waals surface area contributed by atoms with Gasteiger partial charge in [-0.25, -0.2) is 0 Å². The van der Waals surface area contributed by atoms with Crippen LogP contribution >= 0.6 is 0 Å². The quantitative estimate of drug-likeness (QED) is 0.829. The average molecular weight is 258 g/mol. The van der Waals surface area contributed by atoms with Gasteiger partial charge in [0, 0.05) is 36.2 Å². The highest BCUT2D eigenvalue weighted by molar-refractivity contribution is 5.98. The number of amides is 1. The molecule has 2 aromatic rings. The van der Waals surface area contributed by atoms with E-state index < -0.39 is 0 Å². The van der Waals surface area contributed by atoms with Gasteiger partial charge in [0.15, 0.2) is 0 Å². The molecule has 4 heteroatoms. The number of likely N-dealkylation sites (tertiary alicyclic amines) is 1. The molecule has 1 amide bonds. The molecule has 1 unspecified atom stereocenters. The Hall–Kier alpha value is -1.97. The molecule has 1 aromatic carbocycles. The molecule has 0 saturated carbocycles. The Bertz CT molecular complexity index is 614. The standard InChI is InChI=1S/C15H15FN2O/c16-9-11-5-7-18(10-11)15(19)13-3-4-14-12(8-13)2-1-6-17-14/h1-4,6,8,11H,5,7,9-10H2. The maximum absolute atomic E-state index is 12.6. The lowest BCUT2D eigenvalue weighted by Gasteiger charge is -2.16. The molecule has 1 aliphatic heterocycles. The number of hydrogen-bond donors (Lipinski definition) is 0. The summed E-state index contributed by atoms with van der Waals surface area (Å²) in [4.78, 5) is 18.3. The number of carbonyl (C=O) groups excluding carboxylic acids is 1. The summed E-state index contributed by atoms with van der Waals surface area (Å²) in [6, 6.07) is 9.29. The van der Waals surface area contributed by atoms with Crippen molar-refractivity contribution in [3.05, 3.63) is 42.1 Å². The van der Waals surface area contributed by atoms with E-state index in [-0.39, 0.29) is 18.5 Å². The molecule has 1 aliphatic rings. The Balaban J connectivity index is 1.85. The molecule has 1 atom stereocenters. The topological polar surface area (TPSA) is 33.2 Å². The van der Waals surface area contributed by atoms with Gasteiger partial charge in [-0.05, 0) is 30.7 Å². The number of benzene rings is 1. The van der Waals surface area contributed by atoms with Crippen molar-refractivity contribution in [1.82, 2.24) is 9.88 Å². The Kier molecular flexibility index (Phi) is 3.15. The van der Waals surface area contributed by atoms with Gasteiger partial charge in [0.25, 0.3) is 5.91 Å². The summed E-state index contributed by atoms with van der Waals surface area (Å²) in [5.41, 5.74) is 1.53. The number of carbonyl (C=O) groups is 1. The van der Waals surface area contributed by atoms with Gasteiger partial charge >= 0.3 is 0 Å². The number of fused-ring (bicyclic) bond motifs is 1. The molecule has 0 spiro atoms. The van der Waals surface area contributed by atoms with Gasteiger partial charge in [0.05, 0.1) is 12.2 Å². The molecule has 1 saturated heterocycles. The first-order valence-electron chi connectivity index (χ1n) is 6.48. The molecule has 19 heavy (non-hydrogen) atoms. The van der Waals surface area contributed by atoms with E-state index in [1.165, 1.54) is 0 Å². The minimum absolute atomic E-state index is 0.00562. The maximum Gasteiger partial charge on any atom is 0.253 e. The number of aromatic nitrogens is 1. The van der Waals surface area contributed by atoms with Crippen LogP contribution < -0.4 is 0 Å². The summed E-state index contributed by atoms with van der Waals surface area (Å²) in [7, 11) is 0. The molecule has 3 nitrogen and oxygen atoms in total. The van der Waals surface area contributed by atoms with Gasteiger partial charge in [-0.3, -0.25) is 14.2 Å². The lowest BCUT2D eigenvalue weighted by atomic mass is 10.1. The molecule has 1 fully saturated rings. The second-order valence-corrected chi connectivity index (χ2v) is 4.97. The third-order valence-electron chi connectivity index (χ3n) is 3.64. The molecule has 0 aliphatic carbocycles. The molecular weight excluding hydrogens is 243 g/mol. The minimum Gasteiger partial charge on any atom is -0.338 e. The third kappa shape index (κ3) is 2.30. The Morgan fingerprint density at radius 1 is 1.42 bits per heavy atom. The van der Waals surface area contributed by atoms with E-state index in [0.29, 0.717) is 18.7 Å². The highest BCUT2D eigenvalue weighted by atomic mass is 19.1. The highest BCUT2D eigenvalue weighted by Gasteiger charge is 2.26. The fourth-order valence-corrected chi connectivity index (χ4v) is 2.53. The Labute approximate surface area is 111 Å². The van der Waals surface area contributed by atoms with Crippen LogP contribution in [0, 0.1) is 5.92 Å². The predicted molar refractivity (Wildman–Crippen MR) is 71.7 cm³/mol. The Morgan fingerprint density at radius 3 is 3.11 bits per heavy atom. The number of alkyl halides is 1. The maximum atomic E-state index is 12.6. The van der Waals surface area contributed by atoms with Gasteiger partial charge in [0.2, 0.25) is 0 Å². The second kappa shape index (κ2) is 4.96. The zero-order valence-electron chi connectivity index (χ0n) is 10.6. The fraction of sp³-hybridized carbons (Fsp3) is 0.333. The monoisotopic (exact) mass is 258 g/mol. The zero-order chi connectivity index (χ0) is 13.2. The molecule has 3 rings (SSSR count). The van der Waals surface area contributed by atoms with Crippen molar-refractivity contribution >= 4 is 16.8 Å². The first kappa shape index (κ1) is 12.1. The van der Waals surface area contributed by atoms with Gasteiger partial charge < -0.3 is 4.90 Å². The van der Waals surface area contributed by atoms with Crippen molar-refractivity contribution in [1.29, 1.82) is 0 Å². The summed E-state index contributed by atoms with van der Waals surface area (Å²) in [6.07, 6.45) is 2.49. The lowest BCUT2D eigenvalue weighted by Crippen LogP contribution is -2.28. The van der Waals surface area contributed by atoms with Crippen LogP contribution in [0.1, 0.15) is 16.8 Å². The molecule has 98 valence electrons. The first-order valence-corrected chi connectivity index (χ1v) is 6.48. The lowest BCUT2D eigenvalue weighted by molar-refractivity contribution is 0.0785. The molecule has 0 bridgehead atoms. The van der Waals surface area contributed by atoms with Crippen LogP contribution in [0.4, 0.5) is 4.39 Å². The van der Waals surface area contributed by atoms with E-state index in [1.54, 1.807) is 17.2 Å². The average Bonchev–Trinajstić information content (AvgIpc) is 2.95. The smallest absolute Gasteiger partial charge is 0.253 e. The highest BCUT2D eigenvalue weighted by Crippen LogP contribution is 2.20. The van der Waals surface area contributed by atoms with Crippen LogP contribution in [0.15, 0.2) is 36.5 Å². The summed E-state index contributed by atoms with van der Waals surface area (Å²) in [5.74, 6) is -0.00669. The largest absolute Gasteiger partial charge is 0.338 e. The third-order valence-corrected chi connectivity index (χ3v) is 3.64. The fourth-order valence-electron chi connectivity index (χ4n) is 2.53. The molecule has 2 heterocycles. The van der Waals surface area contributed by atoms with E-state index in [0.717, 1.165) is 17.3 Å². The first-order chi connectivity index (χ1) is 9.28. The molecule has 0 radical (unpaired) electrons. The predicted octanol–water partition coefficient (Wildman–Crippen LogP) is 2.67. The number of hydrogen-bond acceptors (Lipinski definition) is 2. The van der Waals surface area contributed by atoms with Crippen molar-refractivity contribution < 1.29 is 9.18 Å². The van der Waals surface area contributed by atoms with E-state index >= 15 is 0 Å². The van der Waals surface area contributed by atoms with Crippen LogP contribution in [-0.4, -0.2) is 35.6 Å². The minimum atomic E-state index is -0.342.